The Bertz CT molecular complexity index is 1030. The highest BCUT2D eigenvalue weighted by molar-refractivity contribution is 7.98. The highest BCUT2D eigenvalue weighted by atomic mass is 35.5. The van der Waals surface area contributed by atoms with E-state index in [1.54, 1.807) is 23.7 Å². The van der Waals surface area contributed by atoms with Crippen molar-refractivity contribution in [3.8, 4) is 5.75 Å². The average molecular weight is 448 g/mol. The molecule has 1 aromatic heterocycles. The van der Waals surface area contributed by atoms with Crippen molar-refractivity contribution in [1.29, 1.82) is 0 Å². The lowest BCUT2D eigenvalue weighted by Gasteiger charge is -2.13. The van der Waals surface area contributed by atoms with Crippen LogP contribution in [0.5, 0.6) is 5.75 Å². The van der Waals surface area contributed by atoms with Crippen molar-refractivity contribution in [1.82, 2.24) is 20.2 Å². The Balaban J connectivity index is 1.64. The SMILES string of the molecule is COc1ccc(C(=O)NC(=S)Nn2c(C)nnc2SCc2ccccc2)cc1Cl. The maximum Gasteiger partial charge on any atom is 0.257 e. The molecule has 0 radical (unpaired) electrons. The van der Waals surface area contributed by atoms with E-state index in [1.807, 2.05) is 30.3 Å². The van der Waals surface area contributed by atoms with E-state index in [-0.39, 0.29) is 5.11 Å². The molecule has 0 unspecified atom stereocenters. The van der Waals surface area contributed by atoms with Crippen LogP contribution in [-0.4, -0.2) is 33.0 Å². The van der Waals surface area contributed by atoms with Gasteiger partial charge in [0.1, 0.15) is 11.6 Å². The summed E-state index contributed by atoms with van der Waals surface area (Å²) in [5.74, 6) is 1.44. The summed E-state index contributed by atoms with van der Waals surface area (Å²) in [4.78, 5) is 12.4. The second-order valence-electron chi connectivity index (χ2n) is 5.88. The Labute approximate surface area is 182 Å². The predicted octanol–water partition coefficient (Wildman–Crippen LogP) is 3.80. The van der Waals surface area contributed by atoms with Crippen molar-refractivity contribution in [3.05, 3.63) is 70.5 Å². The number of carbonyl (C=O) groups is 1. The van der Waals surface area contributed by atoms with Gasteiger partial charge in [-0.15, -0.1) is 10.2 Å². The van der Waals surface area contributed by atoms with E-state index in [0.29, 0.717) is 27.3 Å². The Morgan fingerprint density at radius 3 is 2.69 bits per heavy atom. The third-order valence-corrected chi connectivity index (χ3v) is 5.35. The zero-order chi connectivity index (χ0) is 20.8. The number of methoxy groups -OCH3 is 1. The zero-order valence-corrected chi connectivity index (χ0v) is 18.1. The van der Waals surface area contributed by atoms with Gasteiger partial charge in [-0.05, 0) is 42.9 Å². The highest BCUT2D eigenvalue weighted by Gasteiger charge is 2.14. The van der Waals surface area contributed by atoms with E-state index in [9.17, 15) is 4.79 Å². The molecule has 0 saturated carbocycles. The quantitative estimate of drug-likeness (QED) is 0.439. The van der Waals surface area contributed by atoms with Crippen LogP contribution in [0.3, 0.4) is 0 Å². The molecular weight excluding hydrogens is 430 g/mol. The Morgan fingerprint density at radius 1 is 1.24 bits per heavy atom. The number of thioether (sulfide) groups is 1. The minimum atomic E-state index is -0.392. The second kappa shape index (κ2) is 9.73. The summed E-state index contributed by atoms with van der Waals surface area (Å²) in [5, 5.41) is 12.0. The standard InChI is InChI=1S/C19H18ClN5O2S2/c1-12-22-23-19(29-11-13-6-4-3-5-7-13)25(12)24-18(28)21-17(26)14-8-9-16(27-2)15(20)10-14/h3-10H,11H2,1-2H3,(H2,21,24,26,28). The van der Waals surface area contributed by atoms with Gasteiger partial charge in [0.25, 0.3) is 5.91 Å². The fourth-order valence-electron chi connectivity index (χ4n) is 2.40. The van der Waals surface area contributed by atoms with E-state index in [4.69, 9.17) is 28.6 Å². The summed E-state index contributed by atoms with van der Waals surface area (Å²) < 4.78 is 6.73. The van der Waals surface area contributed by atoms with Crippen molar-refractivity contribution >= 4 is 46.6 Å². The number of carbonyl (C=O) groups excluding carboxylic acids is 1. The van der Waals surface area contributed by atoms with Crippen molar-refractivity contribution in [2.24, 2.45) is 0 Å². The van der Waals surface area contributed by atoms with E-state index in [0.717, 1.165) is 11.3 Å². The summed E-state index contributed by atoms with van der Waals surface area (Å²) in [6.07, 6.45) is 0. The third kappa shape index (κ3) is 5.47. The van der Waals surface area contributed by atoms with Crippen LogP contribution < -0.4 is 15.5 Å². The lowest BCUT2D eigenvalue weighted by atomic mass is 10.2. The minimum absolute atomic E-state index is 0.117. The van der Waals surface area contributed by atoms with Crippen molar-refractivity contribution < 1.29 is 9.53 Å². The molecule has 7 nitrogen and oxygen atoms in total. The lowest BCUT2D eigenvalue weighted by molar-refractivity contribution is 0.0977. The first-order valence-electron chi connectivity index (χ1n) is 8.52. The number of benzene rings is 2. The van der Waals surface area contributed by atoms with Crippen molar-refractivity contribution in [3.63, 3.8) is 0 Å². The van der Waals surface area contributed by atoms with Crippen LogP contribution in [0.2, 0.25) is 5.02 Å². The van der Waals surface area contributed by atoms with Gasteiger partial charge in [0.05, 0.1) is 12.1 Å². The summed E-state index contributed by atoms with van der Waals surface area (Å²) in [6, 6.07) is 14.8. The Kier molecular flexibility index (Phi) is 7.08. The number of aromatic nitrogens is 3. The number of hydrogen-bond acceptors (Lipinski definition) is 6. The number of amides is 1. The molecule has 0 bridgehead atoms. The maximum atomic E-state index is 12.4. The molecule has 29 heavy (non-hydrogen) atoms. The van der Waals surface area contributed by atoms with Gasteiger partial charge in [0, 0.05) is 11.3 Å². The van der Waals surface area contributed by atoms with E-state index in [1.165, 1.54) is 24.9 Å². The highest BCUT2D eigenvalue weighted by Crippen LogP contribution is 2.25. The van der Waals surface area contributed by atoms with Gasteiger partial charge >= 0.3 is 0 Å². The molecule has 0 fully saturated rings. The molecule has 0 saturated heterocycles. The van der Waals surface area contributed by atoms with Crippen molar-refractivity contribution in [2.75, 3.05) is 12.5 Å². The number of thiocarbonyl (C=S) groups is 1. The number of ether oxygens (including phenoxy) is 1. The number of nitrogens with zero attached hydrogens (tertiary/aromatic N) is 3. The molecule has 0 atom stereocenters. The van der Waals surface area contributed by atoms with Crippen LogP contribution >= 0.6 is 35.6 Å². The van der Waals surface area contributed by atoms with Crippen molar-refractivity contribution in [2.45, 2.75) is 17.8 Å². The first-order chi connectivity index (χ1) is 14.0. The lowest BCUT2D eigenvalue weighted by Crippen LogP contribution is -2.38. The minimum Gasteiger partial charge on any atom is -0.495 e. The van der Waals surface area contributed by atoms with Crippen LogP contribution in [0, 0.1) is 6.92 Å². The van der Waals surface area contributed by atoms with Gasteiger partial charge in [-0.1, -0.05) is 53.7 Å². The molecule has 2 aromatic carbocycles. The number of nitrogens with one attached hydrogen (secondary N) is 2. The molecule has 1 amide bonds. The van der Waals surface area contributed by atoms with E-state index < -0.39 is 5.91 Å². The van der Waals surface area contributed by atoms with Crippen LogP contribution in [0.1, 0.15) is 21.7 Å². The average Bonchev–Trinajstić information content (AvgIpc) is 3.06. The molecule has 3 aromatic rings. The molecular formula is C19H18ClN5O2S2. The molecule has 0 aliphatic rings. The van der Waals surface area contributed by atoms with Gasteiger partial charge in [0.15, 0.2) is 5.11 Å². The summed E-state index contributed by atoms with van der Waals surface area (Å²) in [6.45, 7) is 1.79. The summed E-state index contributed by atoms with van der Waals surface area (Å²) >= 11 is 12.9. The molecule has 0 spiro atoms. The smallest absolute Gasteiger partial charge is 0.257 e. The zero-order valence-electron chi connectivity index (χ0n) is 15.7. The van der Waals surface area contributed by atoms with Gasteiger partial charge in [-0.2, -0.15) is 0 Å². The van der Waals surface area contributed by atoms with Gasteiger partial charge in [-0.3, -0.25) is 15.5 Å². The number of rotatable bonds is 6. The van der Waals surface area contributed by atoms with Gasteiger partial charge in [-0.25, -0.2) is 4.68 Å². The number of hydrogen-bond donors (Lipinski definition) is 2. The second-order valence-corrected chi connectivity index (χ2v) is 7.64. The molecule has 3 rings (SSSR count). The van der Waals surface area contributed by atoms with Crippen LogP contribution in [-0.2, 0) is 5.75 Å². The molecule has 150 valence electrons. The predicted molar refractivity (Wildman–Crippen MR) is 118 cm³/mol. The number of halogens is 1. The largest absolute Gasteiger partial charge is 0.495 e. The van der Waals surface area contributed by atoms with Gasteiger partial charge in [0.2, 0.25) is 5.16 Å². The normalized spacial score (nSPS) is 10.4. The Morgan fingerprint density at radius 2 is 2.00 bits per heavy atom. The van der Waals surface area contributed by atoms with Crippen LogP contribution in [0.25, 0.3) is 0 Å². The first kappa shape index (κ1) is 21.1. The molecule has 10 heteroatoms. The summed E-state index contributed by atoms with van der Waals surface area (Å²) in [5.41, 5.74) is 4.47. The van der Waals surface area contributed by atoms with Crippen LogP contribution in [0.4, 0.5) is 0 Å². The van der Waals surface area contributed by atoms with Crippen LogP contribution in [0.15, 0.2) is 53.7 Å². The van der Waals surface area contributed by atoms with E-state index >= 15 is 0 Å². The molecule has 0 aliphatic heterocycles. The molecule has 2 N–H and O–H groups in total. The van der Waals surface area contributed by atoms with Gasteiger partial charge < -0.3 is 4.74 Å². The monoisotopic (exact) mass is 447 g/mol. The maximum absolute atomic E-state index is 12.4. The molecule has 1 heterocycles. The first-order valence-corrected chi connectivity index (χ1v) is 10.3. The Hall–Kier alpha value is -2.62. The summed E-state index contributed by atoms with van der Waals surface area (Å²) in [7, 11) is 1.51. The fourth-order valence-corrected chi connectivity index (χ4v) is 3.73. The van der Waals surface area contributed by atoms with E-state index in [2.05, 4.69) is 20.9 Å². The topological polar surface area (TPSA) is 81.1 Å². The number of aryl methyl sites for hydroxylation is 1. The molecule has 0 aliphatic carbocycles. The third-order valence-electron chi connectivity index (χ3n) is 3.86. The fraction of sp³-hybridized carbons (Fsp3) is 0.158.